The van der Waals surface area contributed by atoms with Crippen molar-refractivity contribution in [2.45, 2.75) is 26.4 Å². The van der Waals surface area contributed by atoms with Crippen molar-refractivity contribution in [2.75, 3.05) is 18.0 Å². The number of carbonyl (C=O) groups is 1. The quantitative estimate of drug-likeness (QED) is 0.671. The molecule has 0 saturated heterocycles. The third-order valence-corrected chi connectivity index (χ3v) is 5.35. The number of aromatic nitrogens is 1. The van der Waals surface area contributed by atoms with Crippen molar-refractivity contribution in [1.82, 2.24) is 9.88 Å². The molecule has 1 amide bonds. The number of anilines is 1. The minimum absolute atomic E-state index is 0.0552. The largest absolute Gasteiger partial charge is 0.366 e. The van der Waals surface area contributed by atoms with E-state index < -0.39 is 0 Å². The maximum absolute atomic E-state index is 13.1. The fourth-order valence-electron chi connectivity index (χ4n) is 3.76. The Labute approximate surface area is 166 Å². The molecule has 28 heavy (non-hydrogen) atoms. The van der Waals surface area contributed by atoms with Gasteiger partial charge in [-0.1, -0.05) is 54.6 Å². The second-order valence-corrected chi connectivity index (χ2v) is 7.18. The number of hydrogen-bond acceptors (Lipinski definition) is 3. The topological polar surface area (TPSA) is 36.4 Å². The van der Waals surface area contributed by atoms with Crippen LogP contribution in [0.1, 0.15) is 34.0 Å². The lowest BCUT2D eigenvalue weighted by molar-refractivity contribution is 0.0734. The second kappa shape index (κ2) is 8.26. The van der Waals surface area contributed by atoms with Gasteiger partial charge in [-0.3, -0.25) is 9.78 Å². The zero-order valence-electron chi connectivity index (χ0n) is 16.2. The van der Waals surface area contributed by atoms with E-state index in [0.717, 1.165) is 31.7 Å². The number of pyridine rings is 1. The molecule has 0 aliphatic carbocycles. The SMILES string of the molecule is CCN(Cc1ccccc1)c1cncc(C(=O)N2CCc3ccccc3C2)c1. The van der Waals surface area contributed by atoms with Gasteiger partial charge in [0.2, 0.25) is 0 Å². The molecule has 1 aliphatic heterocycles. The smallest absolute Gasteiger partial charge is 0.255 e. The van der Waals surface area contributed by atoms with Gasteiger partial charge in [0.1, 0.15) is 0 Å². The maximum Gasteiger partial charge on any atom is 0.255 e. The van der Waals surface area contributed by atoms with E-state index in [9.17, 15) is 4.79 Å². The Balaban J connectivity index is 1.52. The van der Waals surface area contributed by atoms with Crippen LogP contribution in [0.2, 0.25) is 0 Å². The van der Waals surface area contributed by atoms with E-state index in [1.165, 1.54) is 16.7 Å². The van der Waals surface area contributed by atoms with Crippen molar-refractivity contribution < 1.29 is 4.79 Å². The van der Waals surface area contributed by atoms with Gasteiger partial charge in [0.25, 0.3) is 5.91 Å². The first kappa shape index (κ1) is 18.2. The van der Waals surface area contributed by atoms with Gasteiger partial charge in [-0.25, -0.2) is 0 Å². The molecule has 142 valence electrons. The van der Waals surface area contributed by atoms with Crippen LogP contribution < -0.4 is 4.90 Å². The van der Waals surface area contributed by atoms with Crippen LogP contribution in [0.3, 0.4) is 0 Å². The first-order chi connectivity index (χ1) is 13.7. The first-order valence-corrected chi connectivity index (χ1v) is 9.84. The van der Waals surface area contributed by atoms with Gasteiger partial charge >= 0.3 is 0 Å². The van der Waals surface area contributed by atoms with Crippen molar-refractivity contribution >= 4 is 11.6 Å². The molecule has 0 spiro atoms. The number of benzene rings is 2. The summed E-state index contributed by atoms with van der Waals surface area (Å²) in [4.78, 5) is 21.6. The molecule has 0 bridgehead atoms. The summed E-state index contributed by atoms with van der Waals surface area (Å²) in [6.07, 6.45) is 4.43. The van der Waals surface area contributed by atoms with Crippen molar-refractivity contribution in [2.24, 2.45) is 0 Å². The molecule has 4 heteroatoms. The molecule has 4 nitrogen and oxygen atoms in total. The molecule has 4 rings (SSSR count). The molecule has 0 atom stereocenters. The third kappa shape index (κ3) is 3.91. The molecule has 2 heterocycles. The molecule has 0 saturated carbocycles. The third-order valence-electron chi connectivity index (χ3n) is 5.35. The highest BCUT2D eigenvalue weighted by Gasteiger charge is 2.22. The number of carbonyl (C=O) groups excluding carboxylic acids is 1. The van der Waals surface area contributed by atoms with Gasteiger partial charge in [0.15, 0.2) is 0 Å². The molecular formula is C24H25N3O. The highest BCUT2D eigenvalue weighted by molar-refractivity contribution is 5.95. The zero-order valence-corrected chi connectivity index (χ0v) is 16.2. The predicted octanol–water partition coefficient (Wildman–Crippen LogP) is 4.31. The van der Waals surface area contributed by atoms with Crippen LogP contribution in [-0.2, 0) is 19.5 Å². The molecule has 1 aliphatic rings. The Kier molecular flexibility index (Phi) is 5.38. The number of nitrogens with zero attached hydrogens (tertiary/aromatic N) is 3. The summed E-state index contributed by atoms with van der Waals surface area (Å²) < 4.78 is 0. The highest BCUT2D eigenvalue weighted by Crippen LogP contribution is 2.22. The van der Waals surface area contributed by atoms with E-state index in [1.54, 1.807) is 6.20 Å². The molecule has 0 radical (unpaired) electrons. The highest BCUT2D eigenvalue weighted by atomic mass is 16.2. The van der Waals surface area contributed by atoms with Crippen molar-refractivity contribution in [3.05, 3.63) is 95.3 Å². The van der Waals surface area contributed by atoms with Gasteiger partial charge in [-0.15, -0.1) is 0 Å². The average Bonchev–Trinajstić information content (AvgIpc) is 2.77. The fourth-order valence-corrected chi connectivity index (χ4v) is 3.76. The molecule has 3 aromatic rings. The van der Waals surface area contributed by atoms with E-state index in [4.69, 9.17) is 0 Å². The zero-order chi connectivity index (χ0) is 19.3. The summed E-state index contributed by atoms with van der Waals surface area (Å²) in [5, 5.41) is 0. The Hall–Kier alpha value is -3.14. The molecular weight excluding hydrogens is 346 g/mol. The van der Waals surface area contributed by atoms with E-state index in [2.05, 4.69) is 59.3 Å². The standard InChI is InChI=1S/C24H25N3O/c1-2-26(17-19-8-4-3-5-9-19)23-14-22(15-25-16-23)24(28)27-13-12-20-10-6-7-11-21(20)18-27/h3-11,14-16H,2,12-13,17-18H2,1H3. The molecule has 0 unspecified atom stereocenters. The van der Waals surface area contributed by atoms with Gasteiger partial charge < -0.3 is 9.80 Å². The monoisotopic (exact) mass is 371 g/mol. The number of rotatable bonds is 5. The lowest BCUT2D eigenvalue weighted by Crippen LogP contribution is -2.36. The molecule has 1 aromatic heterocycles. The van der Waals surface area contributed by atoms with Gasteiger partial charge in [0, 0.05) is 32.4 Å². The number of fused-ring (bicyclic) bond motifs is 1. The Morgan fingerprint density at radius 1 is 1.04 bits per heavy atom. The predicted molar refractivity (Wildman–Crippen MR) is 112 cm³/mol. The summed E-state index contributed by atoms with van der Waals surface area (Å²) in [6.45, 7) is 5.19. The molecule has 0 N–H and O–H groups in total. The Bertz CT molecular complexity index is 955. The number of amides is 1. The maximum atomic E-state index is 13.1. The Morgan fingerprint density at radius 2 is 1.79 bits per heavy atom. The van der Waals surface area contributed by atoms with Crippen molar-refractivity contribution in [3.63, 3.8) is 0 Å². The van der Waals surface area contributed by atoms with Crippen molar-refractivity contribution in [3.8, 4) is 0 Å². The van der Waals surface area contributed by atoms with Crippen LogP contribution in [0, 0.1) is 0 Å². The van der Waals surface area contributed by atoms with Crippen LogP contribution >= 0.6 is 0 Å². The van der Waals surface area contributed by atoms with Crippen molar-refractivity contribution in [1.29, 1.82) is 0 Å². The van der Waals surface area contributed by atoms with E-state index in [0.29, 0.717) is 12.1 Å². The lowest BCUT2D eigenvalue weighted by Gasteiger charge is -2.29. The minimum Gasteiger partial charge on any atom is -0.366 e. The van der Waals surface area contributed by atoms with E-state index in [1.807, 2.05) is 29.3 Å². The Morgan fingerprint density at radius 3 is 2.57 bits per heavy atom. The van der Waals surface area contributed by atoms with Gasteiger partial charge in [-0.2, -0.15) is 0 Å². The average molecular weight is 371 g/mol. The van der Waals surface area contributed by atoms with Crippen LogP contribution in [0.4, 0.5) is 5.69 Å². The summed E-state index contributed by atoms with van der Waals surface area (Å²) >= 11 is 0. The first-order valence-electron chi connectivity index (χ1n) is 9.84. The molecule has 0 fully saturated rings. The van der Waals surface area contributed by atoms with Crippen LogP contribution in [0.25, 0.3) is 0 Å². The summed E-state index contributed by atoms with van der Waals surface area (Å²) in [7, 11) is 0. The second-order valence-electron chi connectivity index (χ2n) is 7.18. The van der Waals surface area contributed by atoms with Gasteiger partial charge in [-0.05, 0) is 36.1 Å². The summed E-state index contributed by atoms with van der Waals surface area (Å²) in [5.41, 5.74) is 5.47. The van der Waals surface area contributed by atoms with Gasteiger partial charge in [0.05, 0.1) is 17.4 Å². The lowest BCUT2D eigenvalue weighted by atomic mass is 9.99. The minimum atomic E-state index is 0.0552. The van der Waals surface area contributed by atoms with E-state index in [-0.39, 0.29) is 5.91 Å². The number of hydrogen-bond donors (Lipinski definition) is 0. The van der Waals surface area contributed by atoms with Crippen LogP contribution in [-0.4, -0.2) is 28.9 Å². The normalized spacial score (nSPS) is 13.1. The van der Waals surface area contributed by atoms with Crippen LogP contribution in [0.5, 0.6) is 0 Å². The molecule has 2 aromatic carbocycles. The van der Waals surface area contributed by atoms with E-state index >= 15 is 0 Å². The van der Waals surface area contributed by atoms with Crippen LogP contribution in [0.15, 0.2) is 73.1 Å². The summed E-state index contributed by atoms with van der Waals surface area (Å²) in [6, 6.07) is 20.7. The fraction of sp³-hybridized carbons (Fsp3) is 0.250. The summed E-state index contributed by atoms with van der Waals surface area (Å²) in [5.74, 6) is 0.0552.